The van der Waals surface area contributed by atoms with Crippen LogP contribution in [0.4, 0.5) is 4.39 Å². The summed E-state index contributed by atoms with van der Waals surface area (Å²) < 4.78 is 26.8. The number of ether oxygens (including phenoxy) is 2. The zero-order valence-electron chi connectivity index (χ0n) is 21.2. The minimum absolute atomic E-state index is 0.287. The van der Waals surface area contributed by atoms with Crippen molar-refractivity contribution in [3.63, 3.8) is 0 Å². The van der Waals surface area contributed by atoms with E-state index in [0.717, 1.165) is 35.6 Å². The molecule has 0 radical (unpaired) electrons. The van der Waals surface area contributed by atoms with Crippen molar-refractivity contribution < 1.29 is 13.9 Å². The molecular weight excluding hydrogens is 425 g/mol. The van der Waals surface area contributed by atoms with E-state index in [-0.39, 0.29) is 5.82 Å². The van der Waals surface area contributed by atoms with Crippen LogP contribution in [0.1, 0.15) is 97.3 Å². The molecule has 3 nitrogen and oxygen atoms in total. The summed E-state index contributed by atoms with van der Waals surface area (Å²) in [5.74, 6) is 0.685. The topological polar surface area (TPSA) is 31.4 Å². The van der Waals surface area contributed by atoms with E-state index in [9.17, 15) is 0 Å². The molecule has 0 saturated carbocycles. The van der Waals surface area contributed by atoms with Gasteiger partial charge in [-0.15, -0.1) is 0 Å². The molecule has 0 saturated heterocycles. The first-order chi connectivity index (χ1) is 16.7. The molecule has 0 N–H and O–H groups in total. The summed E-state index contributed by atoms with van der Waals surface area (Å²) in [7, 11) is 0. The van der Waals surface area contributed by atoms with Gasteiger partial charge in [0.1, 0.15) is 0 Å². The number of aromatic nitrogens is 1. The van der Waals surface area contributed by atoms with Gasteiger partial charge in [-0.25, -0.2) is 9.37 Å². The third-order valence-electron chi connectivity index (χ3n) is 6.49. The molecule has 0 fully saturated rings. The van der Waals surface area contributed by atoms with Crippen molar-refractivity contribution in [1.82, 2.24) is 4.98 Å². The Hall–Kier alpha value is -2.36. The number of pyridine rings is 1. The standard InChI is InChI=1S/C30H42FNO2/c1-3-5-7-9-11-13-15-23-34-29-21-18-25-24-17-20-28(33-22-14-12-10-8-6-4-2)30(31)26(24)16-19-27(25)32-29/h16-21H,3-15,22-23H2,1-2H3. The second-order valence-electron chi connectivity index (χ2n) is 9.34. The summed E-state index contributed by atoms with van der Waals surface area (Å²) >= 11 is 0. The van der Waals surface area contributed by atoms with E-state index >= 15 is 4.39 Å². The Kier molecular flexibility index (Phi) is 11.4. The monoisotopic (exact) mass is 467 g/mol. The van der Waals surface area contributed by atoms with Crippen LogP contribution in [0.2, 0.25) is 0 Å². The molecular formula is C30H42FNO2. The van der Waals surface area contributed by atoms with Crippen LogP contribution >= 0.6 is 0 Å². The number of hydrogen-bond acceptors (Lipinski definition) is 3. The van der Waals surface area contributed by atoms with Gasteiger partial charge >= 0.3 is 0 Å². The van der Waals surface area contributed by atoms with E-state index in [2.05, 4.69) is 18.8 Å². The van der Waals surface area contributed by atoms with Crippen molar-refractivity contribution in [1.29, 1.82) is 0 Å². The summed E-state index contributed by atoms with van der Waals surface area (Å²) in [5, 5.41) is 2.36. The molecule has 0 amide bonds. The first-order valence-corrected chi connectivity index (χ1v) is 13.5. The van der Waals surface area contributed by atoms with Gasteiger partial charge in [-0.3, -0.25) is 0 Å². The van der Waals surface area contributed by atoms with Gasteiger partial charge in [0.25, 0.3) is 0 Å². The number of hydrogen-bond donors (Lipinski definition) is 0. The molecule has 4 heteroatoms. The van der Waals surface area contributed by atoms with Crippen molar-refractivity contribution in [2.24, 2.45) is 0 Å². The normalized spacial score (nSPS) is 11.4. The summed E-state index contributed by atoms with van der Waals surface area (Å²) in [4.78, 5) is 4.65. The zero-order chi connectivity index (χ0) is 24.0. The van der Waals surface area contributed by atoms with E-state index in [1.807, 2.05) is 24.3 Å². The van der Waals surface area contributed by atoms with E-state index in [0.29, 0.717) is 30.2 Å². The van der Waals surface area contributed by atoms with E-state index in [4.69, 9.17) is 9.47 Å². The van der Waals surface area contributed by atoms with Crippen LogP contribution in [0.25, 0.3) is 21.7 Å². The van der Waals surface area contributed by atoms with Crippen molar-refractivity contribution >= 4 is 21.7 Å². The summed E-state index contributed by atoms with van der Waals surface area (Å²) in [6.07, 6.45) is 15.9. The lowest BCUT2D eigenvalue weighted by molar-refractivity contribution is 0.291. The average Bonchev–Trinajstić information content (AvgIpc) is 2.86. The van der Waals surface area contributed by atoms with E-state index in [1.165, 1.54) is 64.2 Å². The van der Waals surface area contributed by atoms with Crippen LogP contribution in [-0.2, 0) is 0 Å². The highest BCUT2D eigenvalue weighted by Crippen LogP contribution is 2.32. The van der Waals surface area contributed by atoms with Crippen LogP contribution in [0.15, 0.2) is 36.4 Å². The van der Waals surface area contributed by atoms with E-state index in [1.54, 1.807) is 12.1 Å². The molecule has 0 atom stereocenters. The quantitative estimate of drug-likeness (QED) is 0.146. The summed E-state index contributed by atoms with van der Waals surface area (Å²) in [6.45, 7) is 5.71. The smallest absolute Gasteiger partial charge is 0.213 e. The Morgan fingerprint density at radius 3 is 1.82 bits per heavy atom. The van der Waals surface area contributed by atoms with Crippen LogP contribution in [0.5, 0.6) is 11.6 Å². The van der Waals surface area contributed by atoms with Gasteiger partial charge in [0.15, 0.2) is 11.6 Å². The highest BCUT2D eigenvalue weighted by Gasteiger charge is 2.12. The van der Waals surface area contributed by atoms with Gasteiger partial charge in [0.2, 0.25) is 5.88 Å². The molecule has 0 bridgehead atoms. The van der Waals surface area contributed by atoms with Crippen molar-refractivity contribution in [3.8, 4) is 11.6 Å². The maximum absolute atomic E-state index is 15.1. The number of nitrogens with zero attached hydrogens (tertiary/aromatic N) is 1. The second-order valence-corrected chi connectivity index (χ2v) is 9.34. The highest BCUT2D eigenvalue weighted by atomic mass is 19.1. The molecule has 0 unspecified atom stereocenters. The molecule has 0 aliphatic rings. The SMILES string of the molecule is CCCCCCCCCOc1ccc2c(ccc3c(F)c(OCCCCCCCC)ccc32)n1. The fraction of sp³-hybridized carbons (Fsp3) is 0.567. The van der Waals surface area contributed by atoms with Gasteiger partial charge in [-0.2, -0.15) is 0 Å². The average molecular weight is 468 g/mol. The number of unbranched alkanes of at least 4 members (excludes halogenated alkanes) is 11. The minimum atomic E-state index is -0.287. The van der Waals surface area contributed by atoms with Crippen LogP contribution in [0, 0.1) is 5.82 Å². The van der Waals surface area contributed by atoms with Gasteiger partial charge in [-0.1, -0.05) is 84.5 Å². The molecule has 0 spiro atoms. The second kappa shape index (κ2) is 14.8. The van der Waals surface area contributed by atoms with Gasteiger partial charge in [0, 0.05) is 16.8 Å². The zero-order valence-corrected chi connectivity index (χ0v) is 21.2. The summed E-state index contributed by atoms with van der Waals surface area (Å²) in [5.41, 5.74) is 0.824. The Labute approximate surface area is 205 Å². The Morgan fingerprint density at radius 1 is 0.588 bits per heavy atom. The lowest BCUT2D eigenvalue weighted by Crippen LogP contribution is -2.00. The van der Waals surface area contributed by atoms with Gasteiger partial charge in [0.05, 0.1) is 18.7 Å². The number of rotatable bonds is 17. The highest BCUT2D eigenvalue weighted by molar-refractivity contribution is 6.06. The summed E-state index contributed by atoms with van der Waals surface area (Å²) in [6, 6.07) is 11.2. The maximum atomic E-state index is 15.1. The van der Waals surface area contributed by atoms with Gasteiger partial charge < -0.3 is 9.47 Å². The lowest BCUT2D eigenvalue weighted by atomic mass is 10.0. The number of benzene rings is 2. The van der Waals surface area contributed by atoms with Crippen molar-refractivity contribution in [2.75, 3.05) is 13.2 Å². The van der Waals surface area contributed by atoms with E-state index < -0.39 is 0 Å². The number of halogens is 1. The fourth-order valence-electron chi connectivity index (χ4n) is 4.44. The molecule has 186 valence electrons. The Morgan fingerprint density at radius 2 is 1.15 bits per heavy atom. The molecule has 1 heterocycles. The first-order valence-electron chi connectivity index (χ1n) is 13.5. The molecule has 2 aromatic carbocycles. The van der Waals surface area contributed by atoms with Crippen LogP contribution in [0.3, 0.4) is 0 Å². The maximum Gasteiger partial charge on any atom is 0.213 e. The largest absolute Gasteiger partial charge is 0.490 e. The molecule has 1 aromatic heterocycles. The first kappa shape index (κ1) is 26.2. The molecule has 3 rings (SSSR count). The lowest BCUT2D eigenvalue weighted by Gasteiger charge is -2.11. The Balaban J connectivity index is 1.54. The minimum Gasteiger partial charge on any atom is -0.490 e. The number of fused-ring (bicyclic) bond motifs is 3. The third-order valence-corrected chi connectivity index (χ3v) is 6.49. The Bertz CT molecular complexity index is 1000. The molecule has 0 aliphatic heterocycles. The van der Waals surface area contributed by atoms with Crippen molar-refractivity contribution in [2.45, 2.75) is 97.3 Å². The van der Waals surface area contributed by atoms with Gasteiger partial charge in [-0.05, 0) is 48.6 Å². The van der Waals surface area contributed by atoms with Crippen LogP contribution in [-0.4, -0.2) is 18.2 Å². The molecule has 34 heavy (non-hydrogen) atoms. The predicted molar refractivity (Wildman–Crippen MR) is 142 cm³/mol. The van der Waals surface area contributed by atoms with Crippen molar-refractivity contribution in [3.05, 3.63) is 42.2 Å². The van der Waals surface area contributed by atoms with Crippen LogP contribution < -0.4 is 9.47 Å². The third kappa shape index (κ3) is 7.85. The molecule has 0 aliphatic carbocycles. The predicted octanol–water partition coefficient (Wildman–Crippen LogP) is 9.40. The fourth-order valence-corrected chi connectivity index (χ4v) is 4.44. The molecule has 3 aromatic rings.